The molecule has 184 valence electrons. The molecule has 0 radical (unpaired) electrons. The Hall–Kier alpha value is -4.26. The first-order valence-electron chi connectivity index (χ1n) is 10.5. The SMILES string of the molecule is Cn1cnc(Cc2nn(Cc3cc(F)c(F)cc3F)/c(=N/c3cc4cn(C)nc4cc3Cl)[nH]c2=O)n1. The number of aryl methyl sites for hydroxylation is 2. The Bertz CT molecular complexity index is 1750. The van der Waals surface area contributed by atoms with Crippen molar-refractivity contribution in [3.05, 3.63) is 92.3 Å². The molecule has 5 rings (SSSR count). The number of fused-ring (bicyclic) bond motifs is 1. The molecule has 0 bridgehead atoms. The van der Waals surface area contributed by atoms with E-state index in [4.69, 9.17) is 11.6 Å². The van der Waals surface area contributed by atoms with Crippen LogP contribution in [0.15, 0.2) is 46.6 Å². The number of H-pyrrole nitrogens is 1. The highest BCUT2D eigenvalue weighted by Gasteiger charge is 2.15. The van der Waals surface area contributed by atoms with Crippen LogP contribution in [-0.2, 0) is 27.1 Å². The van der Waals surface area contributed by atoms with Gasteiger partial charge in [-0.2, -0.15) is 15.3 Å². The third-order valence-electron chi connectivity index (χ3n) is 5.27. The first-order valence-corrected chi connectivity index (χ1v) is 10.9. The van der Waals surface area contributed by atoms with Crippen molar-refractivity contribution in [3.8, 4) is 0 Å². The Kier molecular flexibility index (Phi) is 5.92. The maximum absolute atomic E-state index is 14.4. The number of halogens is 4. The molecular weight excluding hydrogens is 499 g/mol. The summed E-state index contributed by atoms with van der Waals surface area (Å²) in [7, 11) is 3.43. The van der Waals surface area contributed by atoms with E-state index in [-0.39, 0.29) is 40.6 Å². The van der Waals surface area contributed by atoms with Gasteiger partial charge >= 0.3 is 0 Å². The highest BCUT2D eigenvalue weighted by Crippen LogP contribution is 2.29. The summed E-state index contributed by atoms with van der Waals surface area (Å²) < 4.78 is 46.0. The summed E-state index contributed by atoms with van der Waals surface area (Å²) in [4.78, 5) is 24.0. The van der Waals surface area contributed by atoms with Crippen LogP contribution in [-0.4, -0.2) is 39.3 Å². The molecule has 0 spiro atoms. The minimum Gasteiger partial charge on any atom is -0.289 e. The Balaban J connectivity index is 1.67. The second kappa shape index (κ2) is 9.07. The van der Waals surface area contributed by atoms with Crippen LogP contribution < -0.4 is 11.2 Å². The average molecular weight is 516 g/mol. The number of benzene rings is 2. The van der Waals surface area contributed by atoms with Gasteiger partial charge in [-0.3, -0.25) is 19.1 Å². The van der Waals surface area contributed by atoms with E-state index in [0.717, 1.165) is 11.5 Å². The Morgan fingerprint density at radius 2 is 1.78 bits per heavy atom. The van der Waals surface area contributed by atoms with Crippen LogP contribution in [0, 0.1) is 17.5 Å². The summed E-state index contributed by atoms with van der Waals surface area (Å²) in [6.45, 7) is -0.367. The molecule has 0 amide bonds. The van der Waals surface area contributed by atoms with E-state index in [1.54, 1.807) is 37.1 Å². The number of nitrogens with one attached hydrogen (secondary N) is 1. The normalized spacial score (nSPS) is 12.1. The number of aromatic amines is 1. The first kappa shape index (κ1) is 23.5. The molecule has 0 unspecified atom stereocenters. The maximum Gasteiger partial charge on any atom is 0.274 e. The molecule has 0 fully saturated rings. The van der Waals surface area contributed by atoms with Gasteiger partial charge < -0.3 is 0 Å². The molecule has 0 saturated carbocycles. The van der Waals surface area contributed by atoms with Crippen molar-refractivity contribution in [2.75, 3.05) is 0 Å². The van der Waals surface area contributed by atoms with Gasteiger partial charge in [-0.15, -0.1) is 0 Å². The zero-order valence-corrected chi connectivity index (χ0v) is 19.6. The fourth-order valence-corrected chi connectivity index (χ4v) is 3.81. The van der Waals surface area contributed by atoms with Crippen LogP contribution in [0.1, 0.15) is 17.1 Å². The zero-order valence-electron chi connectivity index (χ0n) is 18.9. The first-order chi connectivity index (χ1) is 17.2. The van der Waals surface area contributed by atoms with Crippen LogP contribution in [0.25, 0.3) is 10.9 Å². The molecule has 3 aromatic heterocycles. The van der Waals surface area contributed by atoms with Crippen molar-refractivity contribution in [3.63, 3.8) is 0 Å². The van der Waals surface area contributed by atoms with E-state index >= 15 is 0 Å². The summed E-state index contributed by atoms with van der Waals surface area (Å²) >= 11 is 6.38. The van der Waals surface area contributed by atoms with Gasteiger partial charge in [0, 0.05) is 37.3 Å². The van der Waals surface area contributed by atoms with Gasteiger partial charge in [-0.25, -0.2) is 27.8 Å². The van der Waals surface area contributed by atoms with Gasteiger partial charge in [0.1, 0.15) is 17.8 Å². The van der Waals surface area contributed by atoms with E-state index < -0.39 is 23.0 Å². The van der Waals surface area contributed by atoms with Crippen LogP contribution in [0.3, 0.4) is 0 Å². The van der Waals surface area contributed by atoms with Gasteiger partial charge in [-0.1, -0.05) is 11.6 Å². The summed E-state index contributed by atoms with van der Waals surface area (Å²) in [5.41, 5.74) is 0.0626. The fraction of sp³-hybridized carbons (Fsp3) is 0.182. The number of hydrogen-bond donors (Lipinski definition) is 1. The quantitative estimate of drug-likeness (QED) is 0.362. The number of rotatable bonds is 5. The molecule has 0 saturated heterocycles. The number of hydrogen-bond acceptors (Lipinski definition) is 6. The minimum absolute atomic E-state index is 0.0111. The lowest BCUT2D eigenvalue weighted by Crippen LogP contribution is -2.36. The fourth-order valence-electron chi connectivity index (χ4n) is 3.61. The molecule has 14 heteroatoms. The predicted molar refractivity (Wildman–Crippen MR) is 123 cm³/mol. The largest absolute Gasteiger partial charge is 0.289 e. The molecule has 2 aromatic carbocycles. The monoisotopic (exact) mass is 515 g/mol. The van der Waals surface area contributed by atoms with Crippen molar-refractivity contribution >= 4 is 28.2 Å². The standard InChI is InChI=1S/C22H17ClF3N9O/c1-33-8-12-4-18(13(23)5-17(12)30-33)28-22-29-21(36)19(7-20-27-10-34(2)32-20)31-35(22)9-11-3-15(25)16(26)6-14(11)24/h3-6,8,10H,7,9H2,1-2H3,(H,28,29,36). The van der Waals surface area contributed by atoms with E-state index in [2.05, 4.69) is 30.3 Å². The van der Waals surface area contributed by atoms with Crippen LogP contribution in [0.2, 0.25) is 5.02 Å². The second-order valence-corrected chi connectivity index (χ2v) is 8.44. The van der Waals surface area contributed by atoms with Gasteiger partial charge in [-0.05, 0) is 18.2 Å². The third-order valence-corrected chi connectivity index (χ3v) is 5.57. The molecule has 1 N–H and O–H groups in total. The van der Waals surface area contributed by atoms with E-state index in [1.807, 2.05) is 0 Å². The van der Waals surface area contributed by atoms with Crippen molar-refractivity contribution in [2.24, 2.45) is 19.1 Å². The molecular formula is C22H17ClF3N9O. The summed E-state index contributed by atoms with van der Waals surface area (Å²) in [5, 5.41) is 13.7. The van der Waals surface area contributed by atoms with E-state index in [0.29, 0.717) is 17.4 Å². The van der Waals surface area contributed by atoms with Crippen LogP contribution in [0.5, 0.6) is 0 Å². The summed E-state index contributed by atoms with van der Waals surface area (Å²) in [6, 6.07) is 4.45. The highest BCUT2D eigenvalue weighted by molar-refractivity contribution is 6.33. The van der Waals surface area contributed by atoms with Crippen molar-refractivity contribution in [2.45, 2.75) is 13.0 Å². The van der Waals surface area contributed by atoms with Gasteiger partial charge in [0.2, 0.25) is 5.62 Å². The lowest BCUT2D eigenvalue weighted by atomic mass is 10.2. The summed E-state index contributed by atoms with van der Waals surface area (Å²) in [5.74, 6) is -3.20. The molecule has 36 heavy (non-hydrogen) atoms. The van der Waals surface area contributed by atoms with E-state index in [9.17, 15) is 18.0 Å². The Morgan fingerprint density at radius 1 is 1.00 bits per heavy atom. The molecule has 3 heterocycles. The molecule has 0 aliphatic heterocycles. The molecule has 0 aliphatic rings. The number of aromatic nitrogens is 8. The Morgan fingerprint density at radius 3 is 2.53 bits per heavy atom. The average Bonchev–Trinajstić information content (AvgIpc) is 3.38. The van der Waals surface area contributed by atoms with Crippen LogP contribution >= 0.6 is 11.6 Å². The van der Waals surface area contributed by atoms with E-state index in [1.165, 1.54) is 15.7 Å². The van der Waals surface area contributed by atoms with Crippen molar-refractivity contribution < 1.29 is 13.2 Å². The zero-order chi connectivity index (χ0) is 25.6. The van der Waals surface area contributed by atoms with Gasteiger partial charge in [0.25, 0.3) is 5.56 Å². The number of nitrogens with zero attached hydrogens (tertiary/aromatic N) is 8. The Labute approximate surface area is 205 Å². The topological polar surface area (TPSA) is 112 Å². The lowest BCUT2D eigenvalue weighted by Gasteiger charge is -2.10. The smallest absolute Gasteiger partial charge is 0.274 e. The van der Waals surface area contributed by atoms with Gasteiger partial charge in [0.15, 0.2) is 17.5 Å². The lowest BCUT2D eigenvalue weighted by molar-refractivity contribution is 0.482. The summed E-state index contributed by atoms with van der Waals surface area (Å²) in [6.07, 6.45) is 3.20. The van der Waals surface area contributed by atoms with Crippen LogP contribution in [0.4, 0.5) is 18.9 Å². The van der Waals surface area contributed by atoms with Crippen molar-refractivity contribution in [1.82, 2.24) is 39.3 Å². The third kappa shape index (κ3) is 4.64. The highest BCUT2D eigenvalue weighted by atomic mass is 35.5. The predicted octanol–water partition coefficient (Wildman–Crippen LogP) is 2.53. The van der Waals surface area contributed by atoms with Crippen molar-refractivity contribution in [1.29, 1.82) is 0 Å². The molecule has 5 aromatic rings. The van der Waals surface area contributed by atoms with Gasteiger partial charge in [0.05, 0.1) is 29.2 Å². The second-order valence-electron chi connectivity index (χ2n) is 8.03. The molecule has 0 atom stereocenters. The molecule has 10 nitrogen and oxygen atoms in total. The minimum atomic E-state index is -1.32. The maximum atomic E-state index is 14.4. The molecule has 0 aliphatic carbocycles.